The Morgan fingerprint density at radius 2 is 1.61 bits per heavy atom. The van der Waals surface area contributed by atoms with Gasteiger partial charge in [-0.1, -0.05) is 24.3 Å². The number of rotatable bonds is 4. The molecule has 0 heterocycles. The fourth-order valence-corrected chi connectivity index (χ4v) is 1.90. The molecule has 2 aromatic rings. The number of aliphatic hydroxyl groups is 1. The van der Waals surface area contributed by atoms with Crippen LogP contribution in [0.4, 0.5) is 8.78 Å². The molecule has 0 radical (unpaired) electrons. The van der Waals surface area contributed by atoms with E-state index in [2.05, 4.69) is 0 Å². The molecule has 18 heavy (non-hydrogen) atoms. The third-order valence-corrected chi connectivity index (χ3v) is 2.82. The topological polar surface area (TPSA) is 20.2 Å². The van der Waals surface area contributed by atoms with Crippen LogP contribution < -0.4 is 0 Å². The van der Waals surface area contributed by atoms with Gasteiger partial charge in [-0.25, -0.2) is 8.78 Å². The van der Waals surface area contributed by atoms with Crippen molar-refractivity contribution in [3.8, 4) is 11.1 Å². The summed E-state index contributed by atoms with van der Waals surface area (Å²) in [5.74, 6) is -0.872. The Labute approximate surface area is 105 Å². The maximum atomic E-state index is 13.7. The van der Waals surface area contributed by atoms with Gasteiger partial charge in [0.05, 0.1) is 0 Å². The Balaban J connectivity index is 2.40. The van der Waals surface area contributed by atoms with E-state index >= 15 is 0 Å². The predicted molar refractivity (Wildman–Crippen MR) is 67.2 cm³/mol. The van der Waals surface area contributed by atoms with Crippen LogP contribution in [-0.2, 0) is 6.42 Å². The quantitative estimate of drug-likeness (QED) is 0.877. The van der Waals surface area contributed by atoms with Gasteiger partial charge in [-0.05, 0) is 36.6 Å². The summed E-state index contributed by atoms with van der Waals surface area (Å²) in [7, 11) is 0. The molecule has 0 aromatic heterocycles. The van der Waals surface area contributed by atoms with Crippen LogP contribution in [0.15, 0.2) is 42.5 Å². The largest absolute Gasteiger partial charge is 0.396 e. The number of benzene rings is 2. The average Bonchev–Trinajstić information content (AvgIpc) is 2.39. The normalized spacial score (nSPS) is 10.6. The molecule has 0 saturated heterocycles. The Kier molecular flexibility index (Phi) is 4.05. The fourth-order valence-electron chi connectivity index (χ4n) is 1.90. The molecule has 0 aliphatic heterocycles. The SMILES string of the molecule is OCCCc1ccc(F)c(-c2ccccc2F)c1. The minimum Gasteiger partial charge on any atom is -0.396 e. The lowest BCUT2D eigenvalue weighted by Crippen LogP contribution is -1.93. The van der Waals surface area contributed by atoms with E-state index in [9.17, 15) is 8.78 Å². The van der Waals surface area contributed by atoms with E-state index in [1.54, 1.807) is 30.3 Å². The van der Waals surface area contributed by atoms with Crippen molar-refractivity contribution in [3.05, 3.63) is 59.7 Å². The van der Waals surface area contributed by atoms with E-state index in [1.807, 2.05) is 0 Å². The number of halogens is 2. The molecule has 0 aliphatic rings. The zero-order chi connectivity index (χ0) is 13.0. The molecule has 0 saturated carbocycles. The van der Waals surface area contributed by atoms with E-state index in [0.717, 1.165) is 5.56 Å². The van der Waals surface area contributed by atoms with Gasteiger partial charge in [0.2, 0.25) is 0 Å². The molecule has 2 aromatic carbocycles. The van der Waals surface area contributed by atoms with Crippen LogP contribution in [0.3, 0.4) is 0 Å². The number of hydrogen-bond acceptors (Lipinski definition) is 1. The van der Waals surface area contributed by atoms with E-state index in [-0.39, 0.29) is 17.7 Å². The average molecular weight is 248 g/mol. The first-order valence-electron chi connectivity index (χ1n) is 5.86. The van der Waals surface area contributed by atoms with E-state index in [1.165, 1.54) is 12.1 Å². The first kappa shape index (κ1) is 12.7. The van der Waals surface area contributed by atoms with Crippen molar-refractivity contribution in [1.29, 1.82) is 0 Å². The summed E-state index contributed by atoms with van der Waals surface area (Å²) >= 11 is 0. The summed E-state index contributed by atoms with van der Waals surface area (Å²) in [5.41, 5.74) is 1.42. The highest BCUT2D eigenvalue weighted by atomic mass is 19.1. The van der Waals surface area contributed by atoms with Gasteiger partial charge in [-0.3, -0.25) is 0 Å². The lowest BCUT2D eigenvalue weighted by Gasteiger charge is -2.07. The molecule has 94 valence electrons. The second-order valence-corrected chi connectivity index (χ2v) is 4.12. The van der Waals surface area contributed by atoms with E-state index in [4.69, 9.17) is 5.11 Å². The highest BCUT2D eigenvalue weighted by Crippen LogP contribution is 2.26. The van der Waals surface area contributed by atoms with Crippen LogP contribution in [-0.4, -0.2) is 11.7 Å². The van der Waals surface area contributed by atoms with E-state index in [0.29, 0.717) is 12.8 Å². The van der Waals surface area contributed by atoms with Crippen molar-refractivity contribution in [3.63, 3.8) is 0 Å². The molecule has 0 unspecified atom stereocenters. The monoisotopic (exact) mass is 248 g/mol. The summed E-state index contributed by atoms with van der Waals surface area (Å²) in [6.07, 6.45) is 1.26. The maximum Gasteiger partial charge on any atom is 0.131 e. The van der Waals surface area contributed by atoms with Gasteiger partial charge >= 0.3 is 0 Å². The predicted octanol–water partition coefficient (Wildman–Crippen LogP) is 3.56. The summed E-state index contributed by atoms with van der Waals surface area (Å²) in [5, 5.41) is 8.78. The van der Waals surface area contributed by atoms with Crippen LogP contribution in [0.2, 0.25) is 0 Å². The van der Waals surface area contributed by atoms with Crippen LogP contribution in [0.25, 0.3) is 11.1 Å². The maximum absolute atomic E-state index is 13.7. The summed E-state index contributed by atoms with van der Waals surface area (Å²) < 4.78 is 27.4. The standard InChI is InChI=1S/C15H14F2O/c16-14-6-2-1-5-12(14)13-10-11(4-3-9-18)7-8-15(13)17/h1-2,5-8,10,18H,3-4,9H2. The molecule has 0 fully saturated rings. The van der Waals surface area contributed by atoms with Crippen molar-refractivity contribution in [2.45, 2.75) is 12.8 Å². The Morgan fingerprint density at radius 1 is 0.889 bits per heavy atom. The van der Waals surface area contributed by atoms with Gasteiger partial charge in [-0.2, -0.15) is 0 Å². The molecule has 0 spiro atoms. The smallest absolute Gasteiger partial charge is 0.131 e. The van der Waals surface area contributed by atoms with Crippen molar-refractivity contribution in [2.24, 2.45) is 0 Å². The summed E-state index contributed by atoms with van der Waals surface area (Å²) in [6, 6.07) is 10.8. The van der Waals surface area contributed by atoms with Crippen molar-refractivity contribution in [2.75, 3.05) is 6.61 Å². The second kappa shape index (κ2) is 5.74. The van der Waals surface area contributed by atoms with Crippen molar-refractivity contribution in [1.82, 2.24) is 0 Å². The van der Waals surface area contributed by atoms with Crippen LogP contribution in [0, 0.1) is 11.6 Å². The number of hydrogen-bond donors (Lipinski definition) is 1. The number of aliphatic hydroxyl groups excluding tert-OH is 1. The van der Waals surface area contributed by atoms with Gasteiger partial charge in [0.1, 0.15) is 11.6 Å². The van der Waals surface area contributed by atoms with Gasteiger partial charge < -0.3 is 5.11 Å². The molecule has 3 heteroatoms. The summed E-state index contributed by atoms with van der Waals surface area (Å²) in [4.78, 5) is 0. The Bertz CT molecular complexity index is 538. The zero-order valence-corrected chi connectivity index (χ0v) is 9.87. The molecule has 0 amide bonds. The molecule has 2 rings (SSSR count). The third kappa shape index (κ3) is 2.74. The van der Waals surface area contributed by atoms with Crippen LogP contribution in [0.5, 0.6) is 0 Å². The van der Waals surface area contributed by atoms with Gasteiger partial charge in [0.15, 0.2) is 0 Å². The molecule has 0 aliphatic carbocycles. The third-order valence-electron chi connectivity index (χ3n) is 2.82. The molecule has 1 nitrogen and oxygen atoms in total. The second-order valence-electron chi connectivity index (χ2n) is 4.12. The van der Waals surface area contributed by atoms with Crippen LogP contribution >= 0.6 is 0 Å². The first-order valence-corrected chi connectivity index (χ1v) is 5.86. The van der Waals surface area contributed by atoms with Crippen molar-refractivity contribution >= 4 is 0 Å². The Morgan fingerprint density at radius 3 is 2.33 bits per heavy atom. The van der Waals surface area contributed by atoms with Gasteiger partial charge in [0.25, 0.3) is 0 Å². The molecular weight excluding hydrogens is 234 g/mol. The highest BCUT2D eigenvalue weighted by molar-refractivity contribution is 5.65. The summed E-state index contributed by atoms with van der Waals surface area (Å²) in [6.45, 7) is 0.0897. The fraction of sp³-hybridized carbons (Fsp3) is 0.200. The molecular formula is C15H14F2O. The number of aryl methyl sites for hydroxylation is 1. The molecule has 0 bridgehead atoms. The zero-order valence-electron chi connectivity index (χ0n) is 9.87. The minimum atomic E-state index is -0.437. The van der Waals surface area contributed by atoms with E-state index < -0.39 is 11.6 Å². The molecule has 0 atom stereocenters. The van der Waals surface area contributed by atoms with Gasteiger partial charge in [-0.15, -0.1) is 0 Å². The lowest BCUT2D eigenvalue weighted by atomic mass is 10.00. The van der Waals surface area contributed by atoms with Crippen molar-refractivity contribution < 1.29 is 13.9 Å². The lowest BCUT2D eigenvalue weighted by molar-refractivity contribution is 0.288. The first-order chi connectivity index (χ1) is 8.72. The molecule has 1 N–H and O–H groups in total. The van der Waals surface area contributed by atoms with Gasteiger partial charge in [0, 0.05) is 17.7 Å². The highest BCUT2D eigenvalue weighted by Gasteiger charge is 2.10. The minimum absolute atomic E-state index is 0.0897. The van der Waals surface area contributed by atoms with Crippen LogP contribution in [0.1, 0.15) is 12.0 Å². The Hall–Kier alpha value is -1.74.